The Morgan fingerprint density at radius 2 is 2.04 bits per heavy atom. The van der Waals surface area contributed by atoms with Gasteiger partial charge in [-0.3, -0.25) is 9.59 Å². The molecule has 0 bridgehead atoms. The lowest BCUT2D eigenvalue weighted by Gasteiger charge is -2.18. The molecule has 1 aliphatic rings. The van der Waals surface area contributed by atoms with Gasteiger partial charge in [0, 0.05) is 18.7 Å². The van der Waals surface area contributed by atoms with Gasteiger partial charge in [-0.2, -0.15) is 0 Å². The first-order chi connectivity index (χ1) is 11.9. The fraction of sp³-hybridized carbons (Fsp3) is 0.222. The van der Waals surface area contributed by atoms with Crippen molar-refractivity contribution in [2.45, 2.75) is 13.3 Å². The maximum absolute atomic E-state index is 13.2. The van der Waals surface area contributed by atoms with Crippen LogP contribution in [0.5, 0.6) is 0 Å². The summed E-state index contributed by atoms with van der Waals surface area (Å²) in [5, 5.41) is 3.39. The molecule has 130 valence electrons. The number of halogens is 3. The number of benzene rings is 2. The Morgan fingerprint density at radius 1 is 1.28 bits per heavy atom. The maximum Gasteiger partial charge on any atom is 0.229 e. The fourth-order valence-corrected chi connectivity index (χ4v) is 3.22. The minimum absolute atomic E-state index is 0.0783. The molecule has 1 fully saturated rings. The summed E-state index contributed by atoms with van der Waals surface area (Å²) in [7, 11) is 0. The van der Waals surface area contributed by atoms with Crippen molar-refractivity contribution in [1.82, 2.24) is 0 Å². The molecule has 25 heavy (non-hydrogen) atoms. The summed E-state index contributed by atoms with van der Waals surface area (Å²) in [6, 6.07) is 9.15. The lowest BCUT2D eigenvalue weighted by Crippen LogP contribution is -2.28. The van der Waals surface area contributed by atoms with E-state index in [-0.39, 0.29) is 35.6 Å². The summed E-state index contributed by atoms with van der Waals surface area (Å²) in [5.74, 6) is -1.37. The number of aryl methyl sites for hydroxylation is 1. The summed E-state index contributed by atoms with van der Waals surface area (Å²) in [5.41, 5.74) is 1.64. The highest BCUT2D eigenvalue weighted by molar-refractivity contribution is 6.44. The minimum Gasteiger partial charge on any atom is -0.326 e. The zero-order valence-corrected chi connectivity index (χ0v) is 14.9. The van der Waals surface area contributed by atoms with E-state index in [1.165, 1.54) is 23.1 Å². The molecule has 3 rings (SSSR count). The van der Waals surface area contributed by atoms with Crippen LogP contribution in [0.4, 0.5) is 15.8 Å². The monoisotopic (exact) mass is 380 g/mol. The second-order valence-corrected chi connectivity index (χ2v) is 6.71. The van der Waals surface area contributed by atoms with E-state index in [0.29, 0.717) is 22.0 Å². The molecular weight excluding hydrogens is 366 g/mol. The molecule has 2 amide bonds. The van der Waals surface area contributed by atoms with Crippen molar-refractivity contribution in [3.05, 3.63) is 57.8 Å². The van der Waals surface area contributed by atoms with Crippen molar-refractivity contribution >= 4 is 46.4 Å². The van der Waals surface area contributed by atoms with Gasteiger partial charge in [-0.1, -0.05) is 29.3 Å². The normalized spacial score (nSPS) is 17.0. The number of nitrogens with one attached hydrogen (secondary N) is 1. The summed E-state index contributed by atoms with van der Waals surface area (Å²) < 4.78 is 13.2. The van der Waals surface area contributed by atoms with Gasteiger partial charge in [-0.05, 0) is 42.8 Å². The molecule has 0 saturated carbocycles. The number of anilines is 2. The standard InChI is InChI=1S/C18H15Cl2FN2O2/c1-10-7-12(21)5-6-14(10)22-18(25)11-8-16(24)23(9-11)15-4-2-3-13(19)17(15)20/h2-7,11H,8-9H2,1H3,(H,22,25)/t11-/m0/s1. The highest BCUT2D eigenvalue weighted by Crippen LogP contribution is 2.36. The maximum atomic E-state index is 13.2. The molecule has 0 radical (unpaired) electrons. The lowest BCUT2D eigenvalue weighted by molar-refractivity contribution is -0.122. The highest BCUT2D eigenvalue weighted by Gasteiger charge is 2.36. The van der Waals surface area contributed by atoms with Crippen LogP contribution in [0, 0.1) is 18.7 Å². The molecule has 0 unspecified atom stereocenters. The molecule has 1 saturated heterocycles. The molecule has 1 heterocycles. The SMILES string of the molecule is Cc1cc(F)ccc1NC(=O)[C@H]1CC(=O)N(c2cccc(Cl)c2Cl)C1. The molecule has 0 spiro atoms. The van der Waals surface area contributed by atoms with E-state index in [4.69, 9.17) is 23.2 Å². The molecule has 1 N–H and O–H groups in total. The number of carbonyl (C=O) groups excluding carboxylic acids is 2. The van der Waals surface area contributed by atoms with Gasteiger partial charge in [-0.15, -0.1) is 0 Å². The van der Waals surface area contributed by atoms with Crippen LogP contribution in [0.2, 0.25) is 10.0 Å². The van der Waals surface area contributed by atoms with Gasteiger partial charge >= 0.3 is 0 Å². The third-order valence-corrected chi connectivity index (χ3v) is 4.97. The third-order valence-electron chi connectivity index (χ3n) is 4.16. The van der Waals surface area contributed by atoms with E-state index >= 15 is 0 Å². The molecule has 4 nitrogen and oxygen atoms in total. The summed E-state index contributed by atoms with van der Waals surface area (Å²) >= 11 is 12.2. The summed E-state index contributed by atoms with van der Waals surface area (Å²) in [6.07, 6.45) is 0.0783. The number of amides is 2. The van der Waals surface area contributed by atoms with Crippen molar-refractivity contribution in [2.75, 3.05) is 16.8 Å². The number of nitrogens with zero attached hydrogens (tertiary/aromatic N) is 1. The van der Waals surface area contributed by atoms with Gasteiger partial charge < -0.3 is 10.2 Å². The van der Waals surface area contributed by atoms with E-state index in [1.54, 1.807) is 25.1 Å². The molecule has 2 aromatic carbocycles. The third kappa shape index (κ3) is 3.62. The summed E-state index contributed by atoms with van der Waals surface area (Å²) in [4.78, 5) is 26.3. The van der Waals surface area contributed by atoms with Crippen molar-refractivity contribution in [3.63, 3.8) is 0 Å². The van der Waals surface area contributed by atoms with Crippen LogP contribution >= 0.6 is 23.2 Å². The van der Waals surface area contributed by atoms with Crippen LogP contribution < -0.4 is 10.2 Å². The van der Waals surface area contributed by atoms with Crippen molar-refractivity contribution in [1.29, 1.82) is 0 Å². The Kier molecular flexibility index (Phi) is 4.97. The van der Waals surface area contributed by atoms with Crippen LogP contribution in [-0.4, -0.2) is 18.4 Å². The second-order valence-electron chi connectivity index (χ2n) is 5.93. The van der Waals surface area contributed by atoms with Crippen LogP contribution in [0.25, 0.3) is 0 Å². The predicted molar refractivity (Wildman–Crippen MR) is 96.7 cm³/mol. The Morgan fingerprint density at radius 3 is 2.76 bits per heavy atom. The number of hydrogen-bond donors (Lipinski definition) is 1. The average Bonchev–Trinajstić information content (AvgIpc) is 2.94. The quantitative estimate of drug-likeness (QED) is 0.855. The van der Waals surface area contributed by atoms with Gasteiger partial charge in [0.2, 0.25) is 11.8 Å². The number of rotatable bonds is 3. The first-order valence-corrected chi connectivity index (χ1v) is 8.44. The van der Waals surface area contributed by atoms with Crippen molar-refractivity contribution in [3.8, 4) is 0 Å². The van der Waals surface area contributed by atoms with E-state index in [0.717, 1.165) is 0 Å². The first-order valence-electron chi connectivity index (χ1n) is 7.68. The molecule has 2 aromatic rings. The molecule has 1 aliphatic heterocycles. The van der Waals surface area contributed by atoms with Crippen molar-refractivity contribution < 1.29 is 14.0 Å². The Hall–Kier alpha value is -2.11. The first kappa shape index (κ1) is 17.7. The molecule has 1 atom stereocenters. The minimum atomic E-state index is -0.521. The van der Waals surface area contributed by atoms with Gasteiger partial charge in [0.1, 0.15) is 5.82 Å². The van der Waals surface area contributed by atoms with E-state index in [9.17, 15) is 14.0 Å². The lowest BCUT2D eigenvalue weighted by atomic mass is 10.1. The summed E-state index contributed by atoms with van der Waals surface area (Å²) in [6.45, 7) is 1.92. The zero-order valence-electron chi connectivity index (χ0n) is 13.4. The van der Waals surface area contributed by atoms with Crippen LogP contribution in [0.15, 0.2) is 36.4 Å². The topological polar surface area (TPSA) is 49.4 Å². The largest absolute Gasteiger partial charge is 0.326 e. The van der Waals surface area contributed by atoms with Crippen molar-refractivity contribution in [2.24, 2.45) is 5.92 Å². The van der Waals surface area contributed by atoms with Gasteiger partial charge in [0.05, 0.1) is 21.7 Å². The number of hydrogen-bond acceptors (Lipinski definition) is 2. The average molecular weight is 381 g/mol. The Labute approximate surface area is 154 Å². The van der Waals surface area contributed by atoms with Crippen LogP contribution in [-0.2, 0) is 9.59 Å². The van der Waals surface area contributed by atoms with Gasteiger partial charge in [0.25, 0.3) is 0 Å². The molecular formula is C18H15Cl2FN2O2. The highest BCUT2D eigenvalue weighted by atomic mass is 35.5. The van der Waals surface area contributed by atoms with Gasteiger partial charge in [-0.25, -0.2) is 4.39 Å². The smallest absolute Gasteiger partial charge is 0.229 e. The van der Waals surface area contributed by atoms with Crippen LogP contribution in [0.1, 0.15) is 12.0 Å². The molecule has 7 heteroatoms. The zero-order chi connectivity index (χ0) is 18.1. The van der Waals surface area contributed by atoms with E-state index < -0.39 is 5.92 Å². The Bertz CT molecular complexity index is 857. The predicted octanol–water partition coefficient (Wildman–Crippen LogP) is 4.43. The van der Waals surface area contributed by atoms with Crippen LogP contribution in [0.3, 0.4) is 0 Å². The van der Waals surface area contributed by atoms with E-state index in [2.05, 4.69) is 5.32 Å². The second kappa shape index (κ2) is 7.02. The molecule has 0 aliphatic carbocycles. The van der Waals surface area contributed by atoms with E-state index in [1.807, 2.05) is 0 Å². The fourth-order valence-electron chi connectivity index (χ4n) is 2.82. The number of carbonyl (C=O) groups is 2. The van der Waals surface area contributed by atoms with Gasteiger partial charge in [0.15, 0.2) is 0 Å². The molecule has 0 aromatic heterocycles. The Balaban J connectivity index is 1.75.